The molecule has 0 unspecified atom stereocenters. The third kappa shape index (κ3) is 16.8. The van der Waals surface area contributed by atoms with Crippen LogP contribution < -0.4 is 0 Å². The number of aliphatic hydroxyl groups excluding tert-OH is 3. The van der Waals surface area contributed by atoms with Crippen molar-refractivity contribution in [1.29, 1.82) is 0 Å². The molecular formula is C12H29O6PSe. The summed E-state index contributed by atoms with van der Waals surface area (Å²) in [5.41, 5.74) is -0.662. The first kappa shape index (κ1) is 23.0. The molecule has 0 heterocycles. The van der Waals surface area contributed by atoms with Gasteiger partial charge >= 0.3 is 36.0 Å². The van der Waals surface area contributed by atoms with Gasteiger partial charge in [-0.15, -0.1) is 0 Å². The molecule has 0 atom stereocenters. The monoisotopic (exact) mass is 380 g/mol. The zero-order chi connectivity index (χ0) is 16.1. The van der Waals surface area contributed by atoms with Crippen LogP contribution in [0.25, 0.3) is 0 Å². The van der Waals surface area contributed by atoms with Crippen molar-refractivity contribution in [2.45, 2.75) is 51.9 Å². The molecule has 0 aromatic carbocycles. The number of rotatable bonds is 10. The Morgan fingerprint density at radius 3 is 1.50 bits per heavy atom. The van der Waals surface area contributed by atoms with Crippen LogP contribution in [-0.2, 0) is 0 Å². The van der Waals surface area contributed by atoms with Gasteiger partial charge in [0.15, 0.2) is 0 Å². The first-order chi connectivity index (χ1) is 9.24. The van der Waals surface area contributed by atoms with Gasteiger partial charge in [-0.05, 0) is 6.42 Å². The molecule has 0 aliphatic rings. The first-order valence-electron chi connectivity index (χ1n) is 6.85. The van der Waals surface area contributed by atoms with Crippen LogP contribution in [0.5, 0.6) is 0 Å². The van der Waals surface area contributed by atoms with Crippen LogP contribution in [0, 0.1) is 5.41 Å². The fraction of sp³-hybridized carbons (Fsp3) is 1.00. The van der Waals surface area contributed by atoms with E-state index in [0.29, 0.717) is 6.42 Å². The predicted molar refractivity (Wildman–Crippen MR) is 81.0 cm³/mol. The molecule has 0 saturated carbocycles. The van der Waals surface area contributed by atoms with E-state index >= 15 is 0 Å². The summed E-state index contributed by atoms with van der Waals surface area (Å²) in [6, 6.07) is 0. The van der Waals surface area contributed by atoms with E-state index in [0.717, 1.165) is 12.8 Å². The van der Waals surface area contributed by atoms with Gasteiger partial charge in [-0.3, -0.25) is 0 Å². The van der Waals surface area contributed by atoms with Crippen molar-refractivity contribution >= 4 is 21.3 Å². The number of hydrogen-bond acceptors (Lipinski definition) is 6. The van der Waals surface area contributed by atoms with E-state index in [1.165, 1.54) is 25.7 Å². The Morgan fingerprint density at radius 2 is 1.15 bits per heavy atom. The molecule has 6 nitrogen and oxygen atoms in total. The van der Waals surface area contributed by atoms with Crippen molar-refractivity contribution < 1.29 is 30.0 Å². The summed E-state index contributed by atoms with van der Waals surface area (Å²) in [5.74, 6) is 0. The zero-order valence-electron chi connectivity index (χ0n) is 12.1. The Bertz CT molecular complexity index is 238. The molecule has 0 aromatic rings. The summed E-state index contributed by atoms with van der Waals surface area (Å²) >= 11 is 1.76. The van der Waals surface area contributed by atoms with Crippen LogP contribution in [-0.4, -0.2) is 64.9 Å². The minimum atomic E-state index is -3.51. The minimum absolute atomic E-state index is 0.130. The number of hydrogen-bond donors (Lipinski definition) is 6. The molecule has 0 bridgehead atoms. The topological polar surface area (TPSA) is 121 Å². The number of unbranched alkanes of at least 4 members (excludes halogenated alkanes) is 5. The van der Waals surface area contributed by atoms with Gasteiger partial charge in [0, 0.05) is 5.41 Å². The zero-order valence-corrected chi connectivity index (χ0v) is 14.7. The van der Waals surface area contributed by atoms with Crippen LogP contribution in [0.4, 0.5) is 0 Å². The molecule has 0 amide bonds. The van der Waals surface area contributed by atoms with Gasteiger partial charge in [-0.25, -0.2) is 0 Å². The molecule has 0 spiro atoms. The summed E-state index contributed by atoms with van der Waals surface area (Å²) in [6.07, 6.45) is 4.31. The molecule has 0 aliphatic carbocycles. The summed E-state index contributed by atoms with van der Waals surface area (Å²) in [6.45, 7) is 1.80. The van der Waals surface area contributed by atoms with E-state index in [4.69, 9.17) is 30.0 Å². The second kappa shape index (κ2) is 13.4. The van der Waals surface area contributed by atoms with Crippen LogP contribution >= 0.6 is 6.19 Å². The van der Waals surface area contributed by atoms with E-state index in [1.807, 2.05) is 0 Å². The van der Waals surface area contributed by atoms with E-state index in [-0.39, 0.29) is 19.8 Å². The van der Waals surface area contributed by atoms with E-state index in [9.17, 15) is 0 Å². The SMILES string of the molecule is CCCCCCCCC(CO)(CO)CO.OP(O)(O)=[Se]. The average Bonchev–Trinajstić information content (AvgIpc) is 2.37. The quantitative estimate of drug-likeness (QED) is 0.187. The van der Waals surface area contributed by atoms with Gasteiger partial charge in [0.25, 0.3) is 0 Å². The third-order valence-electron chi connectivity index (χ3n) is 3.07. The van der Waals surface area contributed by atoms with Gasteiger partial charge in [0.2, 0.25) is 0 Å². The van der Waals surface area contributed by atoms with E-state index < -0.39 is 11.6 Å². The fourth-order valence-electron chi connectivity index (χ4n) is 1.67. The first-order valence-corrected chi connectivity index (χ1v) is 10.7. The van der Waals surface area contributed by atoms with Crippen LogP contribution in [0.1, 0.15) is 51.9 Å². The van der Waals surface area contributed by atoms with E-state index in [2.05, 4.69) is 6.92 Å². The maximum atomic E-state index is 9.10. The van der Waals surface area contributed by atoms with Crippen LogP contribution in [0.2, 0.25) is 0 Å². The summed E-state index contributed by atoms with van der Waals surface area (Å²) in [7, 11) is 0. The molecule has 124 valence electrons. The Morgan fingerprint density at radius 1 is 0.800 bits per heavy atom. The fourth-order valence-corrected chi connectivity index (χ4v) is 1.67. The Labute approximate surface area is 128 Å². The van der Waals surface area contributed by atoms with Gasteiger partial charge in [0.05, 0.1) is 19.8 Å². The van der Waals surface area contributed by atoms with Gasteiger partial charge in [-0.2, -0.15) is 0 Å². The molecular weight excluding hydrogens is 350 g/mol. The molecule has 0 fully saturated rings. The second-order valence-electron chi connectivity index (χ2n) is 5.01. The average molecular weight is 379 g/mol. The van der Waals surface area contributed by atoms with Crippen molar-refractivity contribution in [3.05, 3.63) is 0 Å². The predicted octanol–water partition coefficient (Wildman–Crippen LogP) is 0.510. The normalized spacial score (nSPS) is 11.9. The van der Waals surface area contributed by atoms with Crippen molar-refractivity contribution in [2.24, 2.45) is 5.41 Å². The Hall–Kier alpha value is 0.709. The summed E-state index contributed by atoms with van der Waals surface area (Å²) in [5, 5.41) is 27.3. The summed E-state index contributed by atoms with van der Waals surface area (Å²) in [4.78, 5) is 23.1. The Balaban J connectivity index is 0. The molecule has 0 rings (SSSR count). The molecule has 0 aliphatic heterocycles. The molecule has 0 saturated heterocycles. The van der Waals surface area contributed by atoms with Crippen molar-refractivity contribution in [3.8, 4) is 0 Å². The Kier molecular flexibility index (Phi) is 15.4. The standard InChI is InChI=1S/C12H26O3.H3O3PSe/c1-2-3-4-5-6-7-8-12(9-13,10-14)11-15;1-4(2,3)5/h13-15H,2-11H2,1H3;(H3,1,2,3,5). The van der Waals surface area contributed by atoms with Crippen LogP contribution in [0.15, 0.2) is 0 Å². The van der Waals surface area contributed by atoms with Crippen molar-refractivity contribution in [2.75, 3.05) is 19.8 Å². The van der Waals surface area contributed by atoms with E-state index in [1.54, 1.807) is 15.1 Å². The molecule has 6 N–H and O–H groups in total. The molecule has 8 heteroatoms. The number of aliphatic hydroxyl groups is 3. The van der Waals surface area contributed by atoms with Crippen molar-refractivity contribution in [3.63, 3.8) is 0 Å². The molecule has 0 radical (unpaired) electrons. The molecule has 20 heavy (non-hydrogen) atoms. The van der Waals surface area contributed by atoms with Gasteiger partial charge in [0.1, 0.15) is 0 Å². The summed E-state index contributed by atoms with van der Waals surface area (Å²) < 4.78 is 0. The maximum absolute atomic E-state index is 9.10. The van der Waals surface area contributed by atoms with Crippen molar-refractivity contribution in [1.82, 2.24) is 0 Å². The van der Waals surface area contributed by atoms with Crippen LogP contribution in [0.3, 0.4) is 0 Å². The second-order valence-corrected chi connectivity index (χ2v) is 9.12. The molecule has 0 aromatic heterocycles. The van der Waals surface area contributed by atoms with Gasteiger partial charge in [-0.1, -0.05) is 45.4 Å². The third-order valence-corrected chi connectivity index (χ3v) is 3.07. The van der Waals surface area contributed by atoms with Gasteiger partial charge < -0.3 is 15.3 Å².